The average Bonchev–Trinajstić information content (AvgIpc) is 2.34. The van der Waals surface area contributed by atoms with E-state index in [4.69, 9.17) is 11.6 Å². The second kappa shape index (κ2) is 5.09. The zero-order valence-corrected chi connectivity index (χ0v) is 11.0. The van der Waals surface area contributed by atoms with Gasteiger partial charge in [-0.2, -0.15) is 0 Å². The molecule has 0 amide bonds. The fourth-order valence-corrected chi connectivity index (χ4v) is 2.16. The Balaban J connectivity index is 2.42. The number of benzene rings is 2. The summed E-state index contributed by atoms with van der Waals surface area (Å²) in [5.41, 5.74) is 3.42. The SMILES string of the molecule is Cc1cc(Cl)c(C(O)c2ccc(F)cc2)cc1C. The van der Waals surface area contributed by atoms with E-state index in [0.717, 1.165) is 11.1 Å². The number of aliphatic hydroxyl groups excluding tert-OH is 1. The molecule has 0 aromatic heterocycles. The Labute approximate surface area is 111 Å². The molecule has 0 heterocycles. The molecule has 3 heteroatoms. The normalized spacial score (nSPS) is 12.5. The van der Waals surface area contributed by atoms with E-state index in [9.17, 15) is 9.50 Å². The lowest BCUT2D eigenvalue weighted by Gasteiger charge is -2.15. The van der Waals surface area contributed by atoms with E-state index in [1.165, 1.54) is 12.1 Å². The van der Waals surface area contributed by atoms with E-state index in [1.54, 1.807) is 12.1 Å². The minimum absolute atomic E-state index is 0.322. The molecule has 94 valence electrons. The number of aryl methyl sites for hydroxylation is 2. The second-order valence-electron chi connectivity index (χ2n) is 4.41. The molecule has 1 unspecified atom stereocenters. The predicted molar refractivity (Wildman–Crippen MR) is 71.4 cm³/mol. The van der Waals surface area contributed by atoms with Crippen LogP contribution in [0.5, 0.6) is 0 Å². The molecule has 0 aliphatic carbocycles. The molecule has 0 spiro atoms. The topological polar surface area (TPSA) is 20.2 Å². The molecule has 0 aliphatic heterocycles. The lowest BCUT2D eigenvalue weighted by atomic mass is 9.98. The minimum Gasteiger partial charge on any atom is -0.384 e. The number of hydrogen-bond acceptors (Lipinski definition) is 1. The van der Waals surface area contributed by atoms with Crippen molar-refractivity contribution in [1.29, 1.82) is 0 Å². The van der Waals surface area contributed by atoms with Gasteiger partial charge in [0.2, 0.25) is 0 Å². The molecule has 1 N–H and O–H groups in total. The first-order chi connectivity index (χ1) is 8.49. The number of aliphatic hydroxyl groups is 1. The molecule has 18 heavy (non-hydrogen) atoms. The van der Waals surface area contributed by atoms with Gasteiger partial charge in [0.05, 0.1) is 0 Å². The Morgan fingerprint density at radius 1 is 1.06 bits per heavy atom. The van der Waals surface area contributed by atoms with Crippen molar-refractivity contribution in [1.82, 2.24) is 0 Å². The summed E-state index contributed by atoms with van der Waals surface area (Å²) in [5, 5.41) is 10.8. The number of halogens is 2. The smallest absolute Gasteiger partial charge is 0.123 e. The molecule has 1 nitrogen and oxygen atoms in total. The highest BCUT2D eigenvalue weighted by Crippen LogP contribution is 2.30. The van der Waals surface area contributed by atoms with Crippen LogP contribution >= 0.6 is 11.6 Å². The molecule has 0 aliphatic rings. The van der Waals surface area contributed by atoms with Gasteiger partial charge in [0.25, 0.3) is 0 Å². The van der Waals surface area contributed by atoms with Crippen molar-refractivity contribution in [2.24, 2.45) is 0 Å². The zero-order valence-electron chi connectivity index (χ0n) is 10.2. The number of rotatable bonds is 2. The Kier molecular flexibility index (Phi) is 3.69. The fraction of sp³-hybridized carbons (Fsp3) is 0.200. The summed E-state index contributed by atoms with van der Waals surface area (Å²) in [6, 6.07) is 9.47. The van der Waals surface area contributed by atoms with Crippen LogP contribution in [0.25, 0.3) is 0 Å². The van der Waals surface area contributed by atoms with Gasteiger partial charge in [-0.3, -0.25) is 0 Å². The molecule has 2 rings (SSSR count). The minimum atomic E-state index is -0.836. The van der Waals surface area contributed by atoms with Crippen molar-refractivity contribution >= 4 is 11.6 Å². The van der Waals surface area contributed by atoms with Crippen LogP contribution in [0.4, 0.5) is 4.39 Å². The Bertz CT molecular complexity index is 563. The molecule has 0 radical (unpaired) electrons. The molecule has 0 saturated heterocycles. The average molecular weight is 265 g/mol. The summed E-state index contributed by atoms with van der Waals surface area (Å²) in [7, 11) is 0. The summed E-state index contributed by atoms with van der Waals surface area (Å²) in [6.45, 7) is 3.93. The van der Waals surface area contributed by atoms with E-state index < -0.39 is 6.10 Å². The van der Waals surface area contributed by atoms with E-state index in [-0.39, 0.29) is 5.82 Å². The van der Waals surface area contributed by atoms with Gasteiger partial charge in [-0.15, -0.1) is 0 Å². The van der Waals surface area contributed by atoms with Crippen molar-refractivity contribution < 1.29 is 9.50 Å². The first kappa shape index (κ1) is 13.1. The summed E-state index contributed by atoms with van der Waals surface area (Å²) in [6.07, 6.45) is -0.836. The van der Waals surface area contributed by atoms with Crippen LogP contribution in [0, 0.1) is 19.7 Å². The third-order valence-corrected chi connectivity index (χ3v) is 3.42. The third kappa shape index (κ3) is 2.55. The molecular weight excluding hydrogens is 251 g/mol. The van der Waals surface area contributed by atoms with Crippen LogP contribution in [0.2, 0.25) is 5.02 Å². The Morgan fingerprint density at radius 3 is 2.22 bits per heavy atom. The first-order valence-electron chi connectivity index (χ1n) is 5.69. The van der Waals surface area contributed by atoms with Crippen molar-refractivity contribution in [3.05, 3.63) is 69.5 Å². The van der Waals surface area contributed by atoms with E-state index in [1.807, 2.05) is 26.0 Å². The molecule has 0 bridgehead atoms. The van der Waals surface area contributed by atoms with Gasteiger partial charge in [-0.05, 0) is 48.7 Å². The predicted octanol–water partition coefficient (Wildman–Crippen LogP) is 4.18. The summed E-state index contributed by atoms with van der Waals surface area (Å²) in [4.78, 5) is 0. The second-order valence-corrected chi connectivity index (χ2v) is 4.82. The Hall–Kier alpha value is -1.38. The maximum atomic E-state index is 12.8. The van der Waals surface area contributed by atoms with Crippen molar-refractivity contribution in [2.45, 2.75) is 20.0 Å². The van der Waals surface area contributed by atoms with Gasteiger partial charge in [0.15, 0.2) is 0 Å². The number of hydrogen-bond donors (Lipinski definition) is 1. The van der Waals surface area contributed by atoms with Crippen LogP contribution in [-0.4, -0.2) is 5.11 Å². The highest BCUT2D eigenvalue weighted by atomic mass is 35.5. The van der Waals surface area contributed by atoms with Crippen molar-refractivity contribution in [3.63, 3.8) is 0 Å². The first-order valence-corrected chi connectivity index (χ1v) is 6.07. The standard InChI is InChI=1S/C15H14ClFO/c1-9-7-13(14(16)8-10(9)2)15(18)11-3-5-12(17)6-4-11/h3-8,15,18H,1-2H3. The highest BCUT2D eigenvalue weighted by Gasteiger charge is 2.15. The molecule has 2 aromatic carbocycles. The van der Waals surface area contributed by atoms with Crippen LogP contribution in [0.15, 0.2) is 36.4 Å². The van der Waals surface area contributed by atoms with Crippen LogP contribution in [0.3, 0.4) is 0 Å². The van der Waals surface area contributed by atoms with Crippen molar-refractivity contribution in [3.8, 4) is 0 Å². The lowest BCUT2D eigenvalue weighted by Crippen LogP contribution is -2.02. The maximum absolute atomic E-state index is 12.8. The Morgan fingerprint density at radius 2 is 1.61 bits per heavy atom. The van der Waals surface area contributed by atoms with E-state index >= 15 is 0 Å². The van der Waals surface area contributed by atoms with Gasteiger partial charge >= 0.3 is 0 Å². The van der Waals surface area contributed by atoms with Crippen molar-refractivity contribution in [2.75, 3.05) is 0 Å². The summed E-state index contributed by atoms with van der Waals surface area (Å²) < 4.78 is 12.8. The molecule has 0 saturated carbocycles. The zero-order chi connectivity index (χ0) is 13.3. The van der Waals surface area contributed by atoms with E-state index in [0.29, 0.717) is 16.1 Å². The highest BCUT2D eigenvalue weighted by molar-refractivity contribution is 6.31. The van der Waals surface area contributed by atoms with Crippen LogP contribution in [0.1, 0.15) is 28.4 Å². The van der Waals surface area contributed by atoms with Crippen LogP contribution in [-0.2, 0) is 0 Å². The van der Waals surface area contributed by atoms with Gasteiger partial charge in [0, 0.05) is 10.6 Å². The summed E-state index contributed by atoms with van der Waals surface area (Å²) in [5.74, 6) is -0.322. The molecule has 1 atom stereocenters. The molecule has 2 aromatic rings. The lowest BCUT2D eigenvalue weighted by molar-refractivity contribution is 0.220. The van der Waals surface area contributed by atoms with Gasteiger partial charge in [0.1, 0.15) is 11.9 Å². The van der Waals surface area contributed by atoms with Gasteiger partial charge in [-0.25, -0.2) is 4.39 Å². The molecular formula is C15H14ClFO. The quantitative estimate of drug-likeness (QED) is 0.863. The van der Waals surface area contributed by atoms with E-state index in [2.05, 4.69) is 0 Å². The third-order valence-electron chi connectivity index (χ3n) is 3.09. The summed E-state index contributed by atoms with van der Waals surface area (Å²) >= 11 is 6.14. The maximum Gasteiger partial charge on any atom is 0.123 e. The van der Waals surface area contributed by atoms with Gasteiger partial charge in [-0.1, -0.05) is 29.8 Å². The molecule has 0 fully saturated rings. The van der Waals surface area contributed by atoms with Crippen LogP contribution < -0.4 is 0 Å². The van der Waals surface area contributed by atoms with Gasteiger partial charge < -0.3 is 5.11 Å². The fourth-order valence-electron chi connectivity index (χ4n) is 1.84. The monoisotopic (exact) mass is 264 g/mol. The largest absolute Gasteiger partial charge is 0.384 e.